The van der Waals surface area contributed by atoms with Crippen LogP contribution in [0.5, 0.6) is 0 Å². The summed E-state index contributed by atoms with van der Waals surface area (Å²) >= 11 is 5.99. The van der Waals surface area contributed by atoms with E-state index < -0.39 is 0 Å². The summed E-state index contributed by atoms with van der Waals surface area (Å²) in [4.78, 5) is 23.4. The number of benzene rings is 1. The molecule has 0 aliphatic carbocycles. The van der Waals surface area contributed by atoms with E-state index in [1.165, 1.54) is 51.2 Å². The van der Waals surface area contributed by atoms with Crippen molar-refractivity contribution in [3.63, 3.8) is 0 Å². The van der Waals surface area contributed by atoms with Crippen LogP contribution >= 0.6 is 11.6 Å². The van der Waals surface area contributed by atoms with Crippen molar-refractivity contribution < 1.29 is 9.59 Å². The maximum Gasteiger partial charge on any atom is 0.259 e. The third kappa shape index (κ3) is 12.2. The lowest BCUT2D eigenvalue weighted by atomic mass is 10.1. The molecule has 0 radical (unpaired) electrons. The molecule has 0 spiro atoms. The first-order valence-corrected chi connectivity index (χ1v) is 10.3. The van der Waals surface area contributed by atoms with E-state index in [1.54, 1.807) is 12.1 Å². The minimum atomic E-state index is -0.362. The number of nitrogens with zero attached hydrogens (tertiary/aromatic N) is 1. The van der Waals surface area contributed by atoms with Gasteiger partial charge in [-0.2, -0.15) is 5.10 Å². The van der Waals surface area contributed by atoms with Crippen molar-refractivity contribution in [2.24, 2.45) is 5.10 Å². The van der Waals surface area contributed by atoms with Crippen LogP contribution in [-0.4, -0.2) is 24.6 Å². The highest BCUT2D eigenvalue weighted by Crippen LogP contribution is 2.12. The zero-order valence-electron chi connectivity index (χ0n) is 16.3. The molecule has 27 heavy (non-hydrogen) atoms. The van der Waals surface area contributed by atoms with Crippen LogP contribution in [0, 0.1) is 0 Å². The first kappa shape index (κ1) is 23.2. The van der Waals surface area contributed by atoms with E-state index in [4.69, 9.17) is 11.6 Å². The number of hydrogen-bond donors (Lipinski definition) is 2. The van der Waals surface area contributed by atoms with Gasteiger partial charge < -0.3 is 5.32 Å². The molecule has 1 rings (SSSR count). The van der Waals surface area contributed by atoms with E-state index in [1.807, 2.05) is 12.1 Å². The number of unbranched alkanes of at least 4 members (excludes halogenated alkanes) is 8. The lowest BCUT2D eigenvalue weighted by Crippen LogP contribution is -2.34. The molecule has 1 aromatic carbocycles. The third-order valence-corrected chi connectivity index (χ3v) is 4.60. The molecule has 0 fully saturated rings. The Kier molecular flexibility index (Phi) is 13.0. The highest BCUT2D eigenvalue weighted by atomic mass is 35.5. The highest BCUT2D eigenvalue weighted by Gasteiger charge is 2.04. The molecule has 2 N–H and O–H groups in total. The van der Waals surface area contributed by atoms with Crippen LogP contribution in [0.1, 0.15) is 76.7 Å². The average molecular weight is 394 g/mol. The molecule has 5 nitrogen and oxygen atoms in total. The molecule has 2 amide bonds. The van der Waals surface area contributed by atoms with Gasteiger partial charge in [-0.1, -0.05) is 88.1 Å². The second kappa shape index (κ2) is 15.2. The molecule has 1 aromatic rings. The average Bonchev–Trinajstić information content (AvgIpc) is 2.66. The van der Waals surface area contributed by atoms with Gasteiger partial charge in [0.05, 0.1) is 12.8 Å². The summed E-state index contributed by atoms with van der Waals surface area (Å²) in [5.74, 6) is -0.457. The van der Waals surface area contributed by atoms with Gasteiger partial charge in [0.2, 0.25) is 5.91 Å². The summed E-state index contributed by atoms with van der Waals surface area (Å²) in [6.07, 6.45) is 12.9. The first-order chi connectivity index (χ1) is 13.1. The number of carbonyl (C=O) groups is 2. The van der Waals surface area contributed by atoms with Crippen molar-refractivity contribution in [1.29, 1.82) is 0 Å². The molecule has 0 heterocycles. The Bertz CT molecular complexity index is 591. The summed E-state index contributed by atoms with van der Waals surface area (Å²) in [7, 11) is 0. The second-order valence-corrected chi connectivity index (χ2v) is 7.08. The molecule has 150 valence electrons. The Balaban J connectivity index is 2.02. The summed E-state index contributed by atoms with van der Waals surface area (Å²) in [6.45, 7) is 2.15. The van der Waals surface area contributed by atoms with E-state index in [2.05, 4.69) is 22.8 Å². The summed E-state index contributed by atoms with van der Waals surface area (Å²) in [5, 5.41) is 7.02. The maximum atomic E-state index is 11.7. The molecular weight excluding hydrogens is 362 g/mol. The fourth-order valence-electron chi connectivity index (χ4n) is 2.66. The number of nitrogens with one attached hydrogen (secondary N) is 2. The summed E-state index contributed by atoms with van der Waals surface area (Å²) in [6, 6.07) is 7.20. The van der Waals surface area contributed by atoms with Gasteiger partial charge in [0.25, 0.3) is 5.91 Å². The van der Waals surface area contributed by atoms with E-state index in [0.29, 0.717) is 17.0 Å². The molecule has 0 bridgehead atoms. The first-order valence-electron chi connectivity index (χ1n) is 9.96. The van der Waals surface area contributed by atoms with Crippen LogP contribution in [0.3, 0.4) is 0 Å². The number of amides is 2. The van der Waals surface area contributed by atoms with Gasteiger partial charge in [-0.3, -0.25) is 9.59 Å². The monoisotopic (exact) mass is 393 g/mol. The van der Waals surface area contributed by atoms with E-state index in [9.17, 15) is 9.59 Å². The van der Waals surface area contributed by atoms with Crippen LogP contribution in [0.15, 0.2) is 29.4 Å². The fourth-order valence-corrected chi connectivity index (χ4v) is 2.84. The van der Waals surface area contributed by atoms with Gasteiger partial charge in [-0.25, -0.2) is 5.43 Å². The number of halogens is 1. The van der Waals surface area contributed by atoms with Crippen LogP contribution in [0.25, 0.3) is 0 Å². The van der Waals surface area contributed by atoms with E-state index in [-0.39, 0.29) is 18.4 Å². The van der Waals surface area contributed by atoms with Crippen LogP contribution < -0.4 is 10.7 Å². The van der Waals surface area contributed by atoms with Crippen LogP contribution in [0.4, 0.5) is 0 Å². The largest absolute Gasteiger partial charge is 0.347 e. The van der Waals surface area contributed by atoms with Crippen molar-refractivity contribution in [2.45, 2.75) is 71.1 Å². The van der Waals surface area contributed by atoms with Gasteiger partial charge in [-0.15, -0.1) is 0 Å². The summed E-state index contributed by atoms with van der Waals surface area (Å²) in [5.41, 5.74) is 3.09. The SMILES string of the molecule is CCCCCCCCCCCC(=O)NCC(=O)N/N=C/c1ccccc1Cl. The molecule has 0 saturated carbocycles. The van der Waals surface area contributed by atoms with Crippen molar-refractivity contribution in [3.8, 4) is 0 Å². The predicted molar refractivity (Wildman–Crippen MR) is 112 cm³/mol. The fraction of sp³-hybridized carbons (Fsp3) is 0.571. The minimum absolute atomic E-state index is 0.0733. The number of hydrazone groups is 1. The van der Waals surface area contributed by atoms with Crippen molar-refractivity contribution in [3.05, 3.63) is 34.9 Å². The Morgan fingerprint density at radius 2 is 1.59 bits per heavy atom. The Hall–Kier alpha value is -1.88. The number of hydrogen-bond acceptors (Lipinski definition) is 3. The van der Waals surface area contributed by atoms with Crippen molar-refractivity contribution >= 4 is 29.6 Å². The lowest BCUT2D eigenvalue weighted by molar-refractivity contribution is -0.126. The molecule has 0 atom stereocenters. The quantitative estimate of drug-likeness (QED) is 0.270. The van der Waals surface area contributed by atoms with E-state index in [0.717, 1.165) is 12.8 Å². The Labute approximate surface area is 167 Å². The normalized spacial score (nSPS) is 10.9. The molecule has 0 aliphatic heterocycles. The van der Waals surface area contributed by atoms with Crippen molar-refractivity contribution in [1.82, 2.24) is 10.7 Å². The molecule has 0 aromatic heterocycles. The van der Waals surface area contributed by atoms with Gasteiger partial charge in [0.15, 0.2) is 0 Å². The highest BCUT2D eigenvalue weighted by molar-refractivity contribution is 6.33. The smallest absolute Gasteiger partial charge is 0.259 e. The number of carbonyl (C=O) groups excluding carboxylic acids is 2. The topological polar surface area (TPSA) is 70.6 Å². The molecule has 6 heteroatoms. The molecular formula is C21H32ClN3O2. The van der Waals surface area contributed by atoms with Gasteiger partial charge in [-0.05, 0) is 12.5 Å². The maximum absolute atomic E-state index is 11.7. The van der Waals surface area contributed by atoms with Crippen LogP contribution in [0.2, 0.25) is 5.02 Å². The summed E-state index contributed by atoms with van der Waals surface area (Å²) < 4.78 is 0. The minimum Gasteiger partial charge on any atom is -0.347 e. The third-order valence-electron chi connectivity index (χ3n) is 4.25. The molecule has 0 aliphatic rings. The predicted octanol–water partition coefficient (Wildman–Crippen LogP) is 4.83. The van der Waals surface area contributed by atoms with Gasteiger partial charge in [0, 0.05) is 17.0 Å². The Morgan fingerprint density at radius 3 is 2.26 bits per heavy atom. The zero-order chi connectivity index (χ0) is 19.7. The standard InChI is InChI=1S/C21H32ClN3O2/c1-2-3-4-5-6-7-8-9-10-15-20(26)23-17-21(27)25-24-16-18-13-11-12-14-19(18)22/h11-14,16H,2-10,15,17H2,1H3,(H,23,26)(H,25,27)/b24-16+. The Morgan fingerprint density at radius 1 is 0.963 bits per heavy atom. The molecule has 0 saturated heterocycles. The van der Waals surface area contributed by atoms with E-state index >= 15 is 0 Å². The van der Waals surface area contributed by atoms with Gasteiger partial charge >= 0.3 is 0 Å². The van der Waals surface area contributed by atoms with Crippen molar-refractivity contribution in [2.75, 3.05) is 6.54 Å². The zero-order valence-corrected chi connectivity index (χ0v) is 17.1. The van der Waals surface area contributed by atoms with Gasteiger partial charge in [0.1, 0.15) is 0 Å². The van der Waals surface area contributed by atoms with Crippen LogP contribution in [-0.2, 0) is 9.59 Å². The lowest BCUT2D eigenvalue weighted by Gasteiger charge is -2.05. The second-order valence-electron chi connectivity index (χ2n) is 6.67. The molecule has 0 unspecified atom stereocenters. The number of rotatable bonds is 14.